The highest BCUT2D eigenvalue weighted by Gasteiger charge is 2.18. The Kier molecular flexibility index (Phi) is 3.90. The maximum atomic E-state index is 13.9. The second kappa shape index (κ2) is 5.55. The van der Waals surface area contributed by atoms with Crippen LogP contribution in [-0.4, -0.2) is 9.55 Å². The van der Waals surface area contributed by atoms with Gasteiger partial charge in [-0.25, -0.2) is 13.8 Å². The van der Waals surface area contributed by atoms with Crippen molar-refractivity contribution in [2.24, 2.45) is 0 Å². The summed E-state index contributed by atoms with van der Waals surface area (Å²) in [5.74, 6) is -0.985. The number of rotatable bonds is 2. The zero-order valence-corrected chi connectivity index (χ0v) is 13.5. The average molecular weight is 392 g/mol. The third-order valence-electron chi connectivity index (χ3n) is 3.02. The standard InChI is InChI=1S/C14H7BrCl2F2N2/c15-7-1-2-11(9(17)3-7)21-12-5-8(18)4-10(19)14(12)20-13(21)6-16/h1-5H,6H2. The van der Waals surface area contributed by atoms with Gasteiger partial charge in [-0.3, -0.25) is 4.57 Å². The van der Waals surface area contributed by atoms with Gasteiger partial charge < -0.3 is 0 Å². The van der Waals surface area contributed by atoms with Gasteiger partial charge in [-0.2, -0.15) is 0 Å². The number of fused-ring (bicyclic) bond motifs is 1. The second-order valence-corrected chi connectivity index (χ2v) is 5.94. The molecule has 0 spiro atoms. The molecule has 1 aromatic heterocycles. The Morgan fingerprint density at radius 1 is 1.19 bits per heavy atom. The second-order valence-electron chi connectivity index (χ2n) is 4.35. The van der Waals surface area contributed by atoms with Gasteiger partial charge in [0.1, 0.15) is 17.2 Å². The molecule has 0 fully saturated rings. The fraction of sp³-hybridized carbons (Fsp3) is 0.0714. The van der Waals surface area contributed by atoms with E-state index in [0.29, 0.717) is 16.5 Å². The van der Waals surface area contributed by atoms with Crippen LogP contribution < -0.4 is 0 Å². The first-order chi connectivity index (χ1) is 10.0. The summed E-state index contributed by atoms with van der Waals surface area (Å²) in [5, 5.41) is 0.416. The number of aromatic nitrogens is 2. The number of hydrogen-bond acceptors (Lipinski definition) is 1. The summed E-state index contributed by atoms with van der Waals surface area (Å²) in [5.41, 5.74) is 0.904. The summed E-state index contributed by atoms with van der Waals surface area (Å²) in [6, 6.07) is 7.20. The van der Waals surface area contributed by atoms with Crippen LogP contribution in [0.4, 0.5) is 8.78 Å². The lowest BCUT2D eigenvalue weighted by Gasteiger charge is -2.10. The van der Waals surface area contributed by atoms with E-state index in [1.54, 1.807) is 22.8 Å². The molecule has 7 heteroatoms. The Labute approximate surface area is 137 Å². The van der Waals surface area contributed by atoms with Gasteiger partial charge in [-0.05, 0) is 18.2 Å². The Hall–Kier alpha value is -1.17. The van der Waals surface area contributed by atoms with Crippen LogP contribution in [0.5, 0.6) is 0 Å². The monoisotopic (exact) mass is 390 g/mol. The zero-order valence-electron chi connectivity index (χ0n) is 10.4. The molecule has 1 heterocycles. The first-order valence-electron chi connectivity index (χ1n) is 5.89. The molecule has 0 bridgehead atoms. The molecule has 0 aliphatic heterocycles. The molecule has 3 rings (SSSR count). The third kappa shape index (κ3) is 2.54. The molecule has 0 radical (unpaired) electrons. The average Bonchev–Trinajstić information content (AvgIpc) is 2.77. The quantitative estimate of drug-likeness (QED) is 0.530. The summed E-state index contributed by atoms with van der Waals surface area (Å²) >= 11 is 15.4. The minimum atomic E-state index is -0.733. The van der Waals surface area contributed by atoms with Gasteiger partial charge in [0.25, 0.3) is 0 Å². The minimum absolute atomic E-state index is 0.0438. The molecule has 0 aliphatic rings. The molecule has 0 atom stereocenters. The van der Waals surface area contributed by atoms with Gasteiger partial charge in [-0.15, -0.1) is 11.6 Å². The summed E-state index contributed by atoms with van der Waals surface area (Å²) in [4.78, 5) is 4.13. The number of hydrogen-bond donors (Lipinski definition) is 0. The van der Waals surface area contributed by atoms with Crippen molar-refractivity contribution in [1.82, 2.24) is 9.55 Å². The van der Waals surface area contributed by atoms with E-state index in [9.17, 15) is 8.78 Å². The van der Waals surface area contributed by atoms with E-state index in [1.807, 2.05) is 0 Å². The first kappa shape index (κ1) is 14.8. The predicted molar refractivity (Wildman–Crippen MR) is 83.3 cm³/mol. The van der Waals surface area contributed by atoms with E-state index in [-0.39, 0.29) is 16.9 Å². The van der Waals surface area contributed by atoms with Crippen molar-refractivity contribution in [3.05, 3.63) is 57.3 Å². The lowest BCUT2D eigenvalue weighted by molar-refractivity contribution is 0.590. The molecule has 0 saturated heterocycles. The summed E-state index contributed by atoms with van der Waals surface area (Å²) < 4.78 is 29.7. The van der Waals surface area contributed by atoms with Crippen LogP contribution in [0.25, 0.3) is 16.7 Å². The van der Waals surface area contributed by atoms with Gasteiger partial charge in [0, 0.05) is 16.6 Å². The molecule has 0 amide bonds. The summed E-state index contributed by atoms with van der Waals surface area (Å²) in [6.07, 6.45) is 0. The molecule has 0 aliphatic carbocycles. The van der Waals surface area contributed by atoms with E-state index in [0.717, 1.165) is 10.5 Å². The van der Waals surface area contributed by atoms with Crippen molar-refractivity contribution >= 4 is 50.2 Å². The largest absolute Gasteiger partial charge is 0.294 e. The van der Waals surface area contributed by atoms with Gasteiger partial charge >= 0.3 is 0 Å². The molecule has 21 heavy (non-hydrogen) atoms. The molecule has 2 nitrogen and oxygen atoms in total. The van der Waals surface area contributed by atoms with Crippen LogP contribution in [0.3, 0.4) is 0 Å². The van der Waals surface area contributed by atoms with Crippen LogP contribution >= 0.6 is 39.1 Å². The van der Waals surface area contributed by atoms with Crippen molar-refractivity contribution in [2.75, 3.05) is 0 Å². The van der Waals surface area contributed by atoms with Crippen LogP contribution in [0.1, 0.15) is 5.82 Å². The number of nitrogens with zero attached hydrogens (tertiary/aromatic N) is 2. The van der Waals surface area contributed by atoms with Gasteiger partial charge in [0.2, 0.25) is 0 Å². The van der Waals surface area contributed by atoms with Crippen molar-refractivity contribution < 1.29 is 8.78 Å². The highest BCUT2D eigenvalue weighted by atomic mass is 79.9. The van der Waals surface area contributed by atoms with Crippen LogP contribution in [0.2, 0.25) is 5.02 Å². The Morgan fingerprint density at radius 2 is 1.95 bits per heavy atom. The molecular formula is C14H7BrCl2F2N2. The highest BCUT2D eigenvalue weighted by molar-refractivity contribution is 9.10. The van der Waals surface area contributed by atoms with Crippen molar-refractivity contribution in [3.8, 4) is 5.69 Å². The summed E-state index contributed by atoms with van der Waals surface area (Å²) in [7, 11) is 0. The zero-order chi connectivity index (χ0) is 15.1. The van der Waals surface area contributed by atoms with Gasteiger partial charge in [0.15, 0.2) is 5.82 Å². The van der Waals surface area contributed by atoms with E-state index < -0.39 is 11.6 Å². The number of benzene rings is 2. The predicted octanol–water partition coefficient (Wildman–Crippen LogP) is 5.46. The van der Waals surface area contributed by atoms with Crippen LogP contribution in [0, 0.1) is 11.6 Å². The maximum Gasteiger partial charge on any atom is 0.153 e. The van der Waals surface area contributed by atoms with E-state index in [1.165, 1.54) is 6.07 Å². The molecule has 0 unspecified atom stereocenters. The fourth-order valence-corrected chi connectivity index (χ4v) is 3.11. The van der Waals surface area contributed by atoms with Crippen LogP contribution in [0.15, 0.2) is 34.8 Å². The number of alkyl halides is 1. The van der Waals surface area contributed by atoms with Crippen molar-refractivity contribution in [1.29, 1.82) is 0 Å². The van der Waals surface area contributed by atoms with E-state index >= 15 is 0 Å². The number of imidazole rings is 1. The maximum absolute atomic E-state index is 13.9. The molecule has 2 aromatic carbocycles. The Bertz CT molecular complexity index is 849. The first-order valence-corrected chi connectivity index (χ1v) is 7.59. The van der Waals surface area contributed by atoms with Crippen molar-refractivity contribution in [2.45, 2.75) is 5.88 Å². The van der Waals surface area contributed by atoms with Gasteiger partial charge in [-0.1, -0.05) is 27.5 Å². The molecule has 108 valence electrons. The Balaban J connectivity index is 2.40. The normalized spacial score (nSPS) is 11.3. The highest BCUT2D eigenvalue weighted by Crippen LogP contribution is 2.31. The summed E-state index contributed by atoms with van der Waals surface area (Å²) in [6.45, 7) is 0. The Morgan fingerprint density at radius 3 is 2.62 bits per heavy atom. The van der Waals surface area contributed by atoms with Crippen LogP contribution in [-0.2, 0) is 5.88 Å². The van der Waals surface area contributed by atoms with Crippen molar-refractivity contribution in [3.63, 3.8) is 0 Å². The smallest absolute Gasteiger partial charge is 0.153 e. The molecule has 0 saturated carbocycles. The SMILES string of the molecule is Fc1cc(F)c2nc(CCl)n(-c3ccc(Br)cc3Cl)c2c1. The lowest BCUT2D eigenvalue weighted by atomic mass is 10.2. The molecular weight excluding hydrogens is 385 g/mol. The minimum Gasteiger partial charge on any atom is -0.294 e. The third-order valence-corrected chi connectivity index (χ3v) is 4.05. The van der Waals surface area contributed by atoms with E-state index in [4.69, 9.17) is 23.2 Å². The van der Waals surface area contributed by atoms with Gasteiger partial charge in [0.05, 0.1) is 22.1 Å². The molecule has 3 aromatic rings. The number of halogens is 5. The fourth-order valence-electron chi connectivity index (χ4n) is 2.17. The lowest BCUT2D eigenvalue weighted by Crippen LogP contribution is -2.00. The molecule has 0 N–H and O–H groups in total. The topological polar surface area (TPSA) is 17.8 Å². The van der Waals surface area contributed by atoms with E-state index in [2.05, 4.69) is 20.9 Å².